The Morgan fingerprint density at radius 1 is 1.12 bits per heavy atom. The van der Waals surface area contributed by atoms with Gasteiger partial charge in [-0.2, -0.15) is 0 Å². The number of hydrogen-bond acceptors (Lipinski definition) is 3. The molecule has 3 rings (SSSR count). The van der Waals surface area contributed by atoms with E-state index in [1.807, 2.05) is 45.0 Å². The van der Waals surface area contributed by atoms with Crippen molar-refractivity contribution in [1.82, 2.24) is 5.32 Å². The lowest BCUT2D eigenvalue weighted by Crippen LogP contribution is -2.34. The molecular weight excluding hydrogens is 326 g/mol. The average molecular weight is 351 g/mol. The van der Waals surface area contributed by atoms with Gasteiger partial charge in [0.2, 0.25) is 0 Å². The Hall–Kier alpha value is -2.62. The topological polar surface area (TPSA) is 55.4 Å². The minimum Gasteiger partial charge on any atom is -0.452 e. The summed E-state index contributed by atoms with van der Waals surface area (Å²) >= 11 is 0. The van der Waals surface area contributed by atoms with Crippen molar-refractivity contribution < 1.29 is 14.3 Å². The average Bonchev–Trinajstić information content (AvgIpc) is 2.59. The molecule has 2 aromatic carbocycles. The molecular formula is C22H25NO3. The molecule has 4 nitrogen and oxygen atoms in total. The lowest BCUT2D eigenvalue weighted by atomic mass is 9.88. The van der Waals surface area contributed by atoms with Gasteiger partial charge in [0.1, 0.15) is 0 Å². The number of rotatable bonds is 4. The molecule has 0 aromatic heterocycles. The van der Waals surface area contributed by atoms with Gasteiger partial charge >= 0.3 is 5.97 Å². The second-order valence-electron chi connectivity index (χ2n) is 7.06. The molecule has 0 aliphatic heterocycles. The van der Waals surface area contributed by atoms with Crippen LogP contribution < -0.4 is 5.32 Å². The van der Waals surface area contributed by atoms with E-state index in [4.69, 9.17) is 4.74 Å². The number of aryl methyl sites for hydroxylation is 4. The number of nitrogens with one attached hydrogen (secondary N) is 1. The van der Waals surface area contributed by atoms with Crippen LogP contribution in [0.4, 0.5) is 0 Å². The van der Waals surface area contributed by atoms with Crippen LogP contribution in [0.15, 0.2) is 36.4 Å². The molecule has 1 amide bonds. The van der Waals surface area contributed by atoms with Crippen LogP contribution in [0.2, 0.25) is 0 Å². The van der Waals surface area contributed by atoms with E-state index >= 15 is 0 Å². The minimum atomic E-state index is -0.445. The summed E-state index contributed by atoms with van der Waals surface area (Å²) in [5.41, 5.74) is 5.84. The zero-order valence-electron chi connectivity index (χ0n) is 15.6. The highest BCUT2D eigenvalue weighted by Gasteiger charge is 2.22. The Balaban J connectivity index is 1.61. The summed E-state index contributed by atoms with van der Waals surface area (Å²) in [5.74, 6) is -0.707. The van der Waals surface area contributed by atoms with Crippen LogP contribution in [0.3, 0.4) is 0 Å². The number of hydrogen-bond donors (Lipinski definition) is 1. The molecule has 26 heavy (non-hydrogen) atoms. The first kappa shape index (κ1) is 18.2. The molecule has 0 bridgehead atoms. The van der Waals surface area contributed by atoms with E-state index in [-0.39, 0.29) is 18.6 Å². The number of ether oxygens (including phenoxy) is 1. The largest absolute Gasteiger partial charge is 0.452 e. The van der Waals surface area contributed by atoms with E-state index in [0.717, 1.165) is 36.0 Å². The zero-order chi connectivity index (χ0) is 18.7. The smallest absolute Gasteiger partial charge is 0.339 e. The van der Waals surface area contributed by atoms with Gasteiger partial charge in [-0.1, -0.05) is 42.0 Å². The van der Waals surface area contributed by atoms with Crippen molar-refractivity contribution in [2.45, 2.75) is 46.1 Å². The van der Waals surface area contributed by atoms with Gasteiger partial charge in [0.25, 0.3) is 5.91 Å². The first-order valence-electron chi connectivity index (χ1n) is 9.08. The summed E-state index contributed by atoms with van der Waals surface area (Å²) in [7, 11) is 0. The number of carbonyl (C=O) groups is 2. The molecule has 2 aromatic rings. The monoisotopic (exact) mass is 351 g/mol. The van der Waals surface area contributed by atoms with Crippen LogP contribution in [-0.2, 0) is 16.0 Å². The maximum Gasteiger partial charge on any atom is 0.339 e. The lowest BCUT2D eigenvalue weighted by Gasteiger charge is -2.26. The highest BCUT2D eigenvalue weighted by atomic mass is 16.5. The number of fused-ring (bicyclic) bond motifs is 1. The number of carbonyl (C=O) groups excluding carboxylic acids is 2. The van der Waals surface area contributed by atoms with E-state index in [1.54, 1.807) is 0 Å². The summed E-state index contributed by atoms with van der Waals surface area (Å²) < 4.78 is 5.27. The van der Waals surface area contributed by atoms with Gasteiger partial charge in [-0.05, 0) is 62.3 Å². The second kappa shape index (κ2) is 7.73. The van der Waals surface area contributed by atoms with Crippen molar-refractivity contribution in [3.8, 4) is 0 Å². The van der Waals surface area contributed by atoms with Gasteiger partial charge in [-0.25, -0.2) is 4.79 Å². The van der Waals surface area contributed by atoms with Crippen molar-refractivity contribution in [1.29, 1.82) is 0 Å². The molecule has 1 atom stereocenters. The fourth-order valence-electron chi connectivity index (χ4n) is 3.85. The fraction of sp³-hybridized carbons (Fsp3) is 0.364. The van der Waals surface area contributed by atoms with Crippen molar-refractivity contribution in [2.75, 3.05) is 6.61 Å². The SMILES string of the molecule is Cc1cc(C)c(C(=O)OCC(=O)NC2CCCc3ccccc32)c(C)c1. The maximum atomic E-state index is 12.4. The summed E-state index contributed by atoms with van der Waals surface area (Å²) in [5, 5.41) is 3.00. The Kier molecular flexibility index (Phi) is 5.40. The lowest BCUT2D eigenvalue weighted by molar-refractivity contribution is -0.125. The summed E-state index contributed by atoms with van der Waals surface area (Å²) in [4.78, 5) is 24.7. The third kappa shape index (κ3) is 3.96. The number of benzene rings is 2. The maximum absolute atomic E-state index is 12.4. The molecule has 0 saturated heterocycles. The predicted octanol–water partition coefficient (Wildman–Crippen LogP) is 3.96. The number of esters is 1. The molecule has 0 spiro atoms. The van der Waals surface area contributed by atoms with E-state index in [9.17, 15) is 9.59 Å². The van der Waals surface area contributed by atoms with Gasteiger partial charge in [-0.3, -0.25) is 4.79 Å². The van der Waals surface area contributed by atoms with Crippen molar-refractivity contribution in [2.24, 2.45) is 0 Å². The van der Waals surface area contributed by atoms with Crippen LogP contribution in [0.1, 0.15) is 57.1 Å². The normalized spacial score (nSPS) is 15.9. The highest BCUT2D eigenvalue weighted by molar-refractivity contribution is 5.94. The Labute approximate surface area is 154 Å². The van der Waals surface area contributed by atoms with E-state index in [2.05, 4.69) is 17.4 Å². The summed E-state index contributed by atoms with van der Waals surface area (Å²) in [6.07, 6.45) is 3.00. The number of amides is 1. The second-order valence-corrected chi connectivity index (χ2v) is 7.06. The minimum absolute atomic E-state index is 0.00556. The first-order chi connectivity index (χ1) is 12.5. The molecule has 1 N–H and O–H groups in total. The Morgan fingerprint density at radius 2 is 1.81 bits per heavy atom. The molecule has 0 heterocycles. The Bertz CT molecular complexity index is 818. The van der Waals surface area contributed by atoms with Gasteiger partial charge in [0, 0.05) is 0 Å². The van der Waals surface area contributed by atoms with Gasteiger partial charge in [-0.15, -0.1) is 0 Å². The first-order valence-corrected chi connectivity index (χ1v) is 9.08. The van der Waals surface area contributed by atoms with Crippen molar-refractivity contribution in [3.63, 3.8) is 0 Å². The van der Waals surface area contributed by atoms with Crippen molar-refractivity contribution >= 4 is 11.9 Å². The third-order valence-corrected chi connectivity index (χ3v) is 4.92. The van der Waals surface area contributed by atoms with E-state index < -0.39 is 5.97 Å². The van der Waals surface area contributed by atoms with E-state index in [1.165, 1.54) is 11.1 Å². The molecule has 0 saturated carbocycles. The Morgan fingerprint density at radius 3 is 2.54 bits per heavy atom. The molecule has 1 aliphatic carbocycles. The molecule has 1 unspecified atom stereocenters. The van der Waals surface area contributed by atoms with Crippen LogP contribution in [0.25, 0.3) is 0 Å². The van der Waals surface area contributed by atoms with Crippen LogP contribution in [0, 0.1) is 20.8 Å². The summed E-state index contributed by atoms with van der Waals surface area (Å²) in [6, 6.07) is 12.1. The molecule has 1 aliphatic rings. The fourth-order valence-corrected chi connectivity index (χ4v) is 3.85. The zero-order valence-corrected chi connectivity index (χ0v) is 15.6. The van der Waals surface area contributed by atoms with Crippen LogP contribution in [-0.4, -0.2) is 18.5 Å². The van der Waals surface area contributed by atoms with Gasteiger partial charge in [0.15, 0.2) is 6.61 Å². The van der Waals surface area contributed by atoms with Gasteiger partial charge in [0.05, 0.1) is 11.6 Å². The van der Waals surface area contributed by atoms with Crippen LogP contribution in [0.5, 0.6) is 0 Å². The predicted molar refractivity (Wildman–Crippen MR) is 101 cm³/mol. The van der Waals surface area contributed by atoms with Crippen molar-refractivity contribution in [3.05, 3.63) is 69.8 Å². The molecule has 4 heteroatoms. The van der Waals surface area contributed by atoms with Gasteiger partial charge < -0.3 is 10.1 Å². The standard InChI is InChI=1S/C22H25NO3/c1-14-11-15(2)21(16(3)12-14)22(25)26-13-20(24)23-19-10-6-8-17-7-4-5-9-18(17)19/h4-5,7,9,11-12,19H,6,8,10,13H2,1-3H3,(H,23,24). The van der Waals surface area contributed by atoms with Crippen LogP contribution >= 0.6 is 0 Å². The van der Waals surface area contributed by atoms with E-state index in [0.29, 0.717) is 5.56 Å². The summed E-state index contributed by atoms with van der Waals surface area (Å²) in [6.45, 7) is 5.50. The molecule has 0 fully saturated rings. The molecule has 136 valence electrons. The third-order valence-electron chi connectivity index (χ3n) is 4.92. The highest BCUT2D eigenvalue weighted by Crippen LogP contribution is 2.29. The quantitative estimate of drug-likeness (QED) is 0.848. The molecule has 0 radical (unpaired) electrons.